The summed E-state index contributed by atoms with van der Waals surface area (Å²) in [4.78, 5) is 0. The van der Waals surface area contributed by atoms with Gasteiger partial charge >= 0.3 is 6.18 Å². The van der Waals surface area contributed by atoms with Crippen molar-refractivity contribution in [1.82, 2.24) is 0 Å². The van der Waals surface area contributed by atoms with Crippen molar-refractivity contribution in [2.75, 3.05) is 0 Å². The highest BCUT2D eigenvalue weighted by molar-refractivity contribution is 5.03. The van der Waals surface area contributed by atoms with Crippen LogP contribution in [0.15, 0.2) is 11.9 Å². The van der Waals surface area contributed by atoms with Crippen LogP contribution < -0.4 is 0 Å². The summed E-state index contributed by atoms with van der Waals surface area (Å²) in [7, 11) is 0. The van der Waals surface area contributed by atoms with Crippen LogP contribution in [0.25, 0.3) is 0 Å². The fourth-order valence-corrected chi connectivity index (χ4v) is 4.09. The molecule has 2 saturated carbocycles. The lowest BCUT2D eigenvalue weighted by atomic mass is 9.75. The van der Waals surface area contributed by atoms with Gasteiger partial charge in [0.1, 0.15) is 5.83 Å². The van der Waals surface area contributed by atoms with Gasteiger partial charge in [0.05, 0.1) is 6.08 Å². The zero-order valence-electron chi connectivity index (χ0n) is 13.5. The minimum Gasteiger partial charge on any atom is -0.212 e. The van der Waals surface area contributed by atoms with Crippen LogP contribution in [0.5, 0.6) is 0 Å². The van der Waals surface area contributed by atoms with E-state index in [-0.39, 0.29) is 6.08 Å². The van der Waals surface area contributed by atoms with Crippen LogP contribution in [-0.4, -0.2) is 6.18 Å². The van der Waals surface area contributed by atoms with Crippen LogP contribution in [0.2, 0.25) is 0 Å². The third-order valence-corrected chi connectivity index (χ3v) is 5.66. The highest BCUT2D eigenvalue weighted by atomic mass is 19.4. The van der Waals surface area contributed by atoms with E-state index < -0.39 is 17.9 Å². The minimum atomic E-state index is -4.53. The molecule has 4 heteroatoms. The Morgan fingerprint density at radius 2 is 1.32 bits per heavy atom. The van der Waals surface area contributed by atoms with Gasteiger partial charge in [-0.15, -0.1) is 0 Å². The molecule has 0 spiro atoms. The van der Waals surface area contributed by atoms with Crippen molar-refractivity contribution in [3.63, 3.8) is 0 Å². The molecule has 2 aliphatic carbocycles. The molecule has 0 amide bonds. The zero-order valence-corrected chi connectivity index (χ0v) is 13.5. The summed E-state index contributed by atoms with van der Waals surface area (Å²) >= 11 is 0. The zero-order chi connectivity index (χ0) is 16.2. The summed E-state index contributed by atoms with van der Waals surface area (Å²) in [5, 5.41) is 0. The molecular formula is C18H28F4. The maximum Gasteiger partial charge on any atom is 0.412 e. The van der Waals surface area contributed by atoms with Gasteiger partial charge in [-0.05, 0) is 43.4 Å². The molecule has 0 radical (unpaired) electrons. The highest BCUT2D eigenvalue weighted by Gasteiger charge is 2.30. The Kier molecular flexibility index (Phi) is 6.34. The van der Waals surface area contributed by atoms with E-state index in [0.29, 0.717) is 18.8 Å². The highest BCUT2D eigenvalue weighted by Crippen LogP contribution is 2.39. The molecule has 0 aromatic carbocycles. The van der Waals surface area contributed by atoms with Crippen molar-refractivity contribution >= 4 is 0 Å². The standard InChI is InChI=1S/C18H28F4/c1-13-2-4-14(5-3-13)6-7-15-8-10-16(11-9-15)17(19)12-18(20,21)22/h12-16H,2-11H2,1H3/b17-12-. The third kappa shape index (κ3) is 5.92. The van der Waals surface area contributed by atoms with E-state index in [1.54, 1.807) is 0 Å². The maximum absolute atomic E-state index is 13.6. The molecule has 2 rings (SSSR count). The SMILES string of the molecule is CC1CCC(CCC2CCC(/C(F)=C/C(F)(F)F)CC2)CC1. The van der Waals surface area contributed by atoms with Crippen molar-refractivity contribution < 1.29 is 17.6 Å². The van der Waals surface area contributed by atoms with Gasteiger partial charge in [-0.25, -0.2) is 4.39 Å². The first-order valence-corrected chi connectivity index (χ1v) is 8.78. The van der Waals surface area contributed by atoms with Gasteiger partial charge in [0.15, 0.2) is 0 Å². The molecule has 0 atom stereocenters. The van der Waals surface area contributed by atoms with E-state index in [1.807, 2.05) is 0 Å². The van der Waals surface area contributed by atoms with Gasteiger partial charge in [-0.1, -0.05) is 45.4 Å². The Hall–Kier alpha value is -0.540. The molecule has 0 nitrogen and oxygen atoms in total. The molecule has 0 unspecified atom stereocenters. The van der Waals surface area contributed by atoms with Crippen LogP contribution in [0, 0.1) is 23.7 Å². The van der Waals surface area contributed by atoms with E-state index in [9.17, 15) is 17.6 Å². The van der Waals surface area contributed by atoms with Crippen LogP contribution >= 0.6 is 0 Å². The second kappa shape index (κ2) is 7.83. The van der Waals surface area contributed by atoms with Gasteiger partial charge in [-0.3, -0.25) is 0 Å². The largest absolute Gasteiger partial charge is 0.412 e. The fourth-order valence-electron chi connectivity index (χ4n) is 4.09. The van der Waals surface area contributed by atoms with Crippen molar-refractivity contribution in [2.24, 2.45) is 23.7 Å². The van der Waals surface area contributed by atoms with E-state index in [0.717, 1.165) is 24.7 Å². The van der Waals surface area contributed by atoms with Gasteiger partial charge in [-0.2, -0.15) is 13.2 Å². The number of rotatable bonds is 4. The van der Waals surface area contributed by atoms with Crippen molar-refractivity contribution in [3.05, 3.63) is 11.9 Å². The predicted octanol–water partition coefficient (Wildman–Crippen LogP) is 6.82. The van der Waals surface area contributed by atoms with Gasteiger partial charge in [0.25, 0.3) is 0 Å². The summed E-state index contributed by atoms with van der Waals surface area (Å²) < 4.78 is 50.1. The van der Waals surface area contributed by atoms with Crippen LogP contribution in [0.4, 0.5) is 17.6 Å². The minimum absolute atomic E-state index is 0.152. The normalized spacial score (nSPS) is 34.7. The molecule has 0 aliphatic heterocycles. The molecular weight excluding hydrogens is 292 g/mol. The van der Waals surface area contributed by atoms with E-state index in [1.165, 1.54) is 38.5 Å². The summed E-state index contributed by atoms with van der Waals surface area (Å²) in [5.41, 5.74) is 0. The summed E-state index contributed by atoms with van der Waals surface area (Å²) in [6, 6.07) is 0. The second-order valence-electron chi connectivity index (χ2n) is 7.49. The van der Waals surface area contributed by atoms with Gasteiger partial charge in [0, 0.05) is 5.92 Å². The maximum atomic E-state index is 13.6. The number of hydrogen-bond donors (Lipinski definition) is 0. The molecule has 0 bridgehead atoms. The molecule has 0 saturated heterocycles. The van der Waals surface area contributed by atoms with E-state index in [2.05, 4.69) is 6.92 Å². The van der Waals surface area contributed by atoms with Crippen molar-refractivity contribution in [1.29, 1.82) is 0 Å². The Labute approximate surface area is 131 Å². The Balaban J connectivity index is 1.68. The third-order valence-electron chi connectivity index (χ3n) is 5.66. The Bertz CT molecular complexity index is 356. The van der Waals surface area contributed by atoms with Crippen LogP contribution in [0.1, 0.15) is 71.1 Å². The lowest BCUT2D eigenvalue weighted by Gasteiger charge is -2.31. The molecule has 2 fully saturated rings. The number of hydrogen-bond acceptors (Lipinski definition) is 0. The van der Waals surface area contributed by atoms with E-state index in [4.69, 9.17) is 0 Å². The van der Waals surface area contributed by atoms with Crippen LogP contribution in [-0.2, 0) is 0 Å². The molecule has 128 valence electrons. The Morgan fingerprint density at radius 1 is 0.864 bits per heavy atom. The molecule has 0 heterocycles. The van der Waals surface area contributed by atoms with Crippen LogP contribution in [0.3, 0.4) is 0 Å². The molecule has 22 heavy (non-hydrogen) atoms. The smallest absolute Gasteiger partial charge is 0.212 e. The van der Waals surface area contributed by atoms with Crippen molar-refractivity contribution in [3.8, 4) is 0 Å². The molecule has 0 N–H and O–H groups in total. The molecule has 2 aliphatic rings. The fraction of sp³-hybridized carbons (Fsp3) is 0.889. The lowest BCUT2D eigenvalue weighted by molar-refractivity contribution is -0.0821. The van der Waals surface area contributed by atoms with E-state index >= 15 is 0 Å². The number of alkyl halides is 3. The second-order valence-corrected chi connectivity index (χ2v) is 7.49. The first kappa shape index (κ1) is 17.8. The summed E-state index contributed by atoms with van der Waals surface area (Å²) in [6.45, 7) is 2.32. The number of allylic oxidation sites excluding steroid dienone is 2. The molecule has 0 aromatic heterocycles. The average molecular weight is 320 g/mol. The monoisotopic (exact) mass is 320 g/mol. The first-order chi connectivity index (χ1) is 10.3. The summed E-state index contributed by atoms with van der Waals surface area (Å²) in [5.74, 6) is 0.834. The summed E-state index contributed by atoms with van der Waals surface area (Å²) in [6.07, 6.45) is 6.00. The number of halogens is 4. The average Bonchev–Trinajstić information content (AvgIpc) is 2.45. The predicted molar refractivity (Wildman–Crippen MR) is 81.1 cm³/mol. The Morgan fingerprint density at radius 3 is 1.77 bits per heavy atom. The first-order valence-electron chi connectivity index (χ1n) is 8.78. The molecule has 0 aromatic rings. The van der Waals surface area contributed by atoms with Gasteiger partial charge in [0.2, 0.25) is 0 Å². The topological polar surface area (TPSA) is 0 Å². The van der Waals surface area contributed by atoms with Gasteiger partial charge < -0.3 is 0 Å². The quantitative estimate of drug-likeness (QED) is 0.499. The lowest BCUT2D eigenvalue weighted by Crippen LogP contribution is -2.18. The van der Waals surface area contributed by atoms with Crippen molar-refractivity contribution in [2.45, 2.75) is 77.3 Å².